The molecule has 0 radical (unpaired) electrons. The summed E-state index contributed by atoms with van der Waals surface area (Å²) in [4.78, 5) is 15.8. The van der Waals surface area contributed by atoms with Crippen molar-refractivity contribution < 1.29 is 9.53 Å². The minimum atomic E-state index is -0.328. The fourth-order valence-corrected chi connectivity index (χ4v) is 3.37. The number of hydrogen-bond donors (Lipinski definition) is 1. The highest BCUT2D eigenvalue weighted by atomic mass is 79.9. The maximum atomic E-state index is 12.5. The molecule has 0 aliphatic carbocycles. The highest BCUT2D eigenvalue weighted by molar-refractivity contribution is 9.10. The van der Waals surface area contributed by atoms with Gasteiger partial charge in [-0.3, -0.25) is 0 Å². The summed E-state index contributed by atoms with van der Waals surface area (Å²) >= 11 is 3.64. The van der Waals surface area contributed by atoms with Crippen molar-refractivity contribution in [2.75, 3.05) is 6.61 Å². The third-order valence-corrected chi connectivity index (χ3v) is 4.69. The van der Waals surface area contributed by atoms with Gasteiger partial charge in [0.05, 0.1) is 17.9 Å². The average Bonchev–Trinajstić information content (AvgIpc) is 2.97. The normalized spacial score (nSPS) is 10.8. The summed E-state index contributed by atoms with van der Waals surface area (Å²) in [5.74, 6) is -0.328. The Balaban J connectivity index is 2.23. The van der Waals surface area contributed by atoms with E-state index in [1.807, 2.05) is 30.3 Å². The molecule has 3 rings (SSSR count). The summed E-state index contributed by atoms with van der Waals surface area (Å²) < 4.78 is 6.23. The van der Waals surface area contributed by atoms with Crippen LogP contribution in [0.2, 0.25) is 0 Å². The smallest absolute Gasteiger partial charge is 0.340 e. The zero-order valence-corrected chi connectivity index (χ0v) is 15.0. The number of esters is 1. The molecule has 0 aliphatic heterocycles. The van der Waals surface area contributed by atoms with Crippen LogP contribution >= 0.6 is 15.9 Å². The second kappa shape index (κ2) is 7.05. The van der Waals surface area contributed by atoms with Crippen LogP contribution in [0.4, 0.5) is 0 Å². The van der Waals surface area contributed by atoms with Crippen LogP contribution in [0.3, 0.4) is 0 Å². The predicted octanol–water partition coefficient (Wildman–Crippen LogP) is 5.34. The lowest BCUT2D eigenvalue weighted by Crippen LogP contribution is -2.06. The van der Waals surface area contributed by atoms with Crippen LogP contribution in [0, 0.1) is 0 Å². The average molecular weight is 384 g/mol. The van der Waals surface area contributed by atoms with E-state index in [2.05, 4.69) is 39.6 Å². The molecular weight excluding hydrogens is 366 g/mol. The Bertz CT molecular complexity index is 897. The van der Waals surface area contributed by atoms with E-state index in [0.717, 1.165) is 27.4 Å². The molecule has 0 unspecified atom stereocenters. The van der Waals surface area contributed by atoms with Gasteiger partial charge in [0.1, 0.15) is 0 Å². The zero-order valence-electron chi connectivity index (χ0n) is 13.4. The standard InChI is InChI=1S/C20H18BrNO2/c1-3-16-19(20(23)24-4-2)18-14(12-13-8-6-5-7-9-13)15(21)10-11-17(18)22-16/h3,5-11,22H,1,4,12H2,2H3. The van der Waals surface area contributed by atoms with Gasteiger partial charge in [-0.1, -0.05) is 52.8 Å². The van der Waals surface area contributed by atoms with E-state index < -0.39 is 0 Å². The molecule has 3 aromatic rings. The van der Waals surface area contributed by atoms with Crippen molar-refractivity contribution in [1.82, 2.24) is 4.98 Å². The zero-order chi connectivity index (χ0) is 17.1. The number of benzene rings is 2. The number of carbonyl (C=O) groups excluding carboxylic acids is 1. The van der Waals surface area contributed by atoms with Gasteiger partial charge in [0.2, 0.25) is 0 Å². The molecule has 2 aromatic carbocycles. The van der Waals surface area contributed by atoms with Gasteiger partial charge in [0.15, 0.2) is 0 Å². The summed E-state index contributed by atoms with van der Waals surface area (Å²) in [5, 5.41) is 0.890. The van der Waals surface area contributed by atoms with Crippen LogP contribution in [-0.2, 0) is 11.2 Å². The summed E-state index contributed by atoms with van der Waals surface area (Å²) in [5.41, 5.74) is 4.39. The third kappa shape index (κ3) is 3.02. The quantitative estimate of drug-likeness (QED) is 0.604. The first kappa shape index (κ1) is 16.5. The van der Waals surface area contributed by atoms with Crippen LogP contribution in [0.25, 0.3) is 17.0 Å². The van der Waals surface area contributed by atoms with Gasteiger partial charge in [-0.05, 0) is 42.7 Å². The molecule has 0 bridgehead atoms. The van der Waals surface area contributed by atoms with Gasteiger partial charge >= 0.3 is 5.97 Å². The van der Waals surface area contributed by atoms with E-state index in [4.69, 9.17) is 4.74 Å². The van der Waals surface area contributed by atoms with Crippen molar-refractivity contribution in [1.29, 1.82) is 0 Å². The van der Waals surface area contributed by atoms with Crippen molar-refractivity contribution in [2.24, 2.45) is 0 Å². The molecule has 0 spiro atoms. The van der Waals surface area contributed by atoms with Gasteiger partial charge in [-0.25, -0.2) is 4.79 Å². The molecule has 0 aliphatic rings. The molecular formula is C20H18BrNO2. The van der Waals surface area contributed by atoms with Crippen LogP contribution < -0.4 is 0 Å². The summed E-state index contributed by atoms with van der Waals surface area (Å²) in [7, 11) is 0. The van der Waals surface area contributed by atoms with Gasteiger partial charge < -0.3 is 9.72 Å². The molecule has 3 nitrogen and oxygen atoms in total. The lowest BCUT2D eigenvalue weighted by atomic mass is 9.98. The first-order valence-electron chi connectivity index (χ1n) is 7.82. The first-order valence-corrected chi connectivity index (χ1v) is 8.61. The number of carbonyl (C=O) groups is 1. The minimum Gasteiger partial charge on any atom is -0.462 e. The van der Waals surface area contributed by atoms with Crippen LogP contribution in [0.15, 0.2) is 53.5 Å². The van der Waals surface area contributed by atoms with Crippen molar-refractivity contribution in [3.63, 3.8) is 0 Å². The third-order valence-electron chi connectivity index (χ3n) is 3.95. The second-order valence-corrected chi connectivity index (χ2v) is 6.30. The molecule has 0 fully saturated rings. The number of aromatic amines is 1. The number of rotatable bonds is 5. The van der Waals surface area contributed by atoms with E-state index in [0.29, 0.717) is 17.9 Å². The highest BCUT2D eigenvalue weighted by Crippen LogP contribution is 2.33. The lowest BCUT2D eigenvalue weighted by molar-refractivity contribution is 0.0528. The number of H-pyrrole nitrogens is 1. The fraction of sp³-hybridized carbons (Fsp3) is 0.150. The first-order chi connectivity index (χ1) is 11.7. The molecule has 0 saturated heterocycles. The molecule has 0 saturated carbocycles. The van der Waals surface area contributed by atoms with Crippen molar-refractivity contribution >= 4 is 38.9 Å². The van der Waals surface area contributed by atoms with Gasteiger partial charge in [0.25, 0.3) is 0 Å². The number of fused-ring (bicyclic) bond motifs is 1. The van der Waals surface area contributed by atoms with Crippen LogP contribution in [0.1, 0.15) is 34.1 Å². The van der Waals surface area contributed by atoms with Crippen molar-refractivity contribution in [3.8, 4) is 0 Å². The fourth-order valence-electron chi connectivity index (χ4n) is 2.90. The number of aromatic nitrogens is 1. The summed E-state index contributed by atoms with van der Waals surface area (Å²) in [6.45, 7) is 5.96. The molecule has 122 valence electrons. The second-order valence-electron chi connectivity index (χ2n) is 5.45. The van der Waals surface area contributed by atoms with E-state index in [1.54, 1.807) is 13.0 Å². The van der Waals surface area contributed by atoms with E-state index in [9.17, 15) is 4.79 Å². The summed E-state index contributed by atoms with van der Waals surface area (Å²) in [6.07, 6.45) is 2.38. The molecule has 1 N–H and O–H groups in total. The SMILES string of the molecule is C=Cc1[nH]c2ccc(Br)c(Cc3ccccc3)c2c1C(=O)OCC. The Hall–Kier alpha value is -2.33. The lowest BCUT2D eigenvalue weighted by Gasteiger charge is -2.09. The molecule has 0 amide bonds. The molecule has 1 aromatic heterocycles. The van der Waals surface area contributed by atoms with E-state index >= 15 is 0 Å². The Morgan fingerprint density at radius 1 is 1.25 bits per heavy atom. The van der Waals surface area contributed by atoms with Crippen LogP contribution in [-0.4, -0.2) is 17.6 Å². The Morgan fingerprint density at radius 2 is 2.00 bits per heavy atom. The maximum Gasteiger partial charge on any atom is 0.340 e. The number of halogens is 1. The molecule has 1 heterocycles. The van der Waals surface area contributed by atoms with Crippen molar-refractivity contribution in [3.05, 3.63) is 75.9 Å². The Kier molecular flexibility index (Phi) is 4.86. The Labute approximate surface area is 149 Å². The molecule has 4 heteroatoms. The number of hydrogen-bond acceptors (Lipinski definition) is 2. The Morgan fingerprint density at radius 3 is 2.67 bits per heavy atom. The largest absolute Gasteiger partial charge is 0.462 e. The highest BCUT2D eigenvalue weighted by Gasteiger charge is 2.22. The molecule has 0 atom stereocenters. The predicted molar refractivity (Wildman–Crippen MR) is 101 cm³/mol. The van der Waals surface area contributed by atoms with E-state index in [-0.39, 0.29) is 5.97 Å². The maximum absolute atomic E-state index is 12.5. The van der Waals surface area contributed by atoms with Crippen LogP contribution in [0.5, 0.6) is 0 Å². The van der Waals surface area contributed by atoms with Gasteiger partial charge in [-0.15, -0.1) is 0 Å². The minimum absolute atomic E-state index is 0.328. The summed E-state index contributed by atoms with van der Waals surface area (Å²) in [6, 6.07) is 14.1. The van der Waals surface area contributed by atoms with E-state index in [1.165, 1.54) is 5.56 Å². The topological polar surface area (TPSA) is 42.1 Å². The number of ether oxygens (including phenoxy) is 1. The number of nitrogens with one attached hydrogen (secondary N) is 1. The monoisotopic (exact) mass is 383 g/mol. The van der Waals surface area contributed by atoms with Crippen molar-refractivity contribution in [2.45, 2.75) is 13.3 Å². The van der Waals surface area contributed by atoms with Gasteiger partial charge in [-0.2, -0.15) is 0 Å². The molecule has 24 heavy (non-hydrogen) atoms. The van der Waals surface area contributed by atoms with Gasteiger partial charge in [0, 0.05) is 15.4 Å².